The normalized spacial score (nSPS) is 10.9. The summed E-state index contributed by atoms with van der Waals surface area (Å²) in [6.07, 6.45) is 5.76. The van der Waals surface area contributed by atoms with Crippen LogP contribution in [0, 0.1) is 6.92 Å². The van der Waals surface area contributed by atoms with Gasteiger partial charge >= 0.3 is 0 Å². The summed E-state index contributed by atoms with van der Waals surface area (Å²) in [4.78, 5) is 20.6. The zero-order valence-electron chi connectivity index (χ0n) is 15.1. The van der Waals surface area contributed by atoms with Crippen LogP contribution in [-0.2, 0) is 17.8 Å². The molecule has 0 fully saturated rings. The van der Waals surface area contributed by atoms with E-state index in [1.54, 1.807) is 23.6 Å². The number of nitrogens with zero attached hydrogens (tertiary/aromatic N) is 2. The van der Waals surface area contributed by atoms with Crippen LogP contribution in [0.1, 0.15) is 22.0 Å². The van der Waals surface area contributed by atoms with E-state index >= 15 is 0 Å². The van der Waals surface area contributed by atoms with Crippen LogP contribution in [-0.4, -0.2) is 22.4 Å². The van der Waals surface area contributed by atoms with Gasteiger partial charge in [-0.05, 0) is 42.8 Å². The average molecular weight is 379 g/mol. The van der Waals surface area contributed by atoms with Crippen molar-refractivity contribution in [1.82, 2.24) is 15.3 Å². The van der Waals surface area contributed by atoms with Gasteiger partial charge in [0, 0.05) is 36.3 Å². The highest BCUT2D eigenvalue weighted by molar-refractivity contribution is 7.09. The molecule has 2 aromatic heterocycles. The van der Waals surface area contributed by atoms with Gasteiger partial charge in [0.25, 0.3) is 0 Å². The van der Waals surface area contributed by atoms with Gasteiger partial charge in [0.2, 0.25) is 5.91 Å². The SMILES string of the molecule is Cc1nc(COc2cccc(/C=C/C(=O)NCCc3ccccn3)c2)cs1. The average Bonchev–Trinajstić information content (AvgIpc) is 3.11. The molecule has 0 saturated heterocycles. The maximum Gasteiger partial charge on any atom is 0.244 e. The van der Waals surface area contributed by atoms with Gasteiger partial charge in [0.05, 0.1) is 10.7 Å². The van der Waals surface area contributed by atoms with E-state index in [1.807, 2.05) is 54.8 Å². The number of ether oxygens (including phenoxy) is 1. The third kappa shape index (κ3) is 6.34. The first-order valence-electron chi connectivity index (χ1n) is 8.69. The van der Waals surface area contributed by atoms with Crippen molar-refractivity contribution >= 4 is 23.3 Å². The standard InChI is InChI=1S/C21H21N3O2S/c1-16-24-19(15-27-16)14-26-20-7-4-5-17(13-20)8-9-21(25)23-12-10-18-6-2-3-11-22-18/h2-9,11,13,15H,10,12,14H2,1H3,(H,23,25)/b9-8+. The van der Waals surface area contributed by atoms with E-state index in [0.717, 1.165) is 27.7 Å². The number of rotatable bonds is 8. The zero-order chi connectivity index (χ0) is 18.9. The summed E-state index contributed by atoms with van der Waals surface area (Å²) in [7, 11) is 0. The molecule has 0 aliphatic heterocycles. The fourth-order valence-corrected chi connectivity index (χ4v) is 3.03. The predicted octanol–water partition coefficient (Wildman–Crippen LogP) is 3.80. The summed E-state index contributed by atoms with van der Waals surface area (Å²) >= 11 is 1.61. The minimum Gasteiger partial charge on any atom is -0.487 e. The van der Waals surface area contributed by atoms with Crippen LogP contribution >= 0.6 is 11.3 Å². The molecule has 0 aliphatic carbocycles. The van der Waals surface area contributed by atoms with Crippen molar-refractivity contribution in [2.24, 2.45) is 0 Å². The maximum absolute atomic E-state index is 11.9. The van der Waals surface area contributed by atoms with E-state index in [2.05, 4.69) is 15.3 Å². The number of hydrogen-bond donors (Lipinski definition) is 1. The Bertz CT molecular complexity index is 907. The highest BCUT2D eigenvalue weighted by Gasteiger charge is 2.01. The van der Waals surface area contributed by atoms with Crippen LogP contribution in [0.2, 0.25) is 0 Å². The lowest BCUT2D eigenvalue weighted by Gasteiger charge is -2.05. The molecule has 1 N–H and O–H groups in total. The number of aryl methyl sites for hydroxylation is 1. The minimum atomic E-state index is -0.129. The number of hydrogen-bond acceptors (Lipinski definition) is 5. The van der Waals surface area contributed by atoms with E-state index in [0.29, 0.717) is 19.6 Å². The number of benzene rings is 1. The summed E-state index contributed by atoms with van der Waals surface area (Å²) in [6.45, 7) is 2.96. The number of aromatic nitrogens is 2. The summed E-state index contributed by atoms with van der Waals surface area (Å²) in [5.41, 5.74) is 2.79. The van der Waals surface area contributed by atoms with Gasteiger partial charge in [-0.3, -0.25) is 9.78 Å². The van der Waals surface area contributed by atoms with Crippen molar-refractivity contribution in [3.05, 3.63) is 82.1 Å². The molecular weight excluding hydrogens is 358 g/mol. The van der Waals surface area contributed by atoms with Crippen LogP contribution in [0.5, 0.6) is 5.75 Å². The van der Waals surface area contributed by atoms with Crippen molar-refractivity contribution in [2.75, 3.05) is 6.54 Å². The molecule has 0 radical (unpaired) electrons. The lowest BCUT2D eigenvalue weighted by atomic mass is 10.2. The van der Waals surface area contributed by atoms with Crippen molar-refractivity contribution in [2.45, 2.75) is 20.0 Å². The fourth-order valence-electron chi connectivity index (χ4n) is 2.43. The molecule has 0 bridgehead atoms. The molecule has 0 unspecified atom stereocenters. The quantitative estimate of drug-likeness (QED) is 0.605. The van der Waals surface area contributed by atoms with Gasteiger partial charge in [0.1, 0.15) is 12.4 Å². The first-order chi connectivity index (χ1) is 13.2. The van der Waals surface area contributed by atoms with Gasteiger partial charge in [-0.15, -0.1) is 11.3 Å². The minimum absolute atomic E-state index is 0.129. The highest BCUT2D eigenvalue weighted by atomic mass is 32.1. The van der Waals surface area contributed by atoms with Crippen LogP contribution < -0.4 is 10.1 Å². The van der Waals surface area contributed by atoms with Gasteiger partial charge in [-0.2, -0.15) is 0 Å². The van der Waals surface area contributed by atoms with Gasteiger partial charge in [0.15, 0.2) is 0 Å². The molecule has 1 aromatic carbocycles. The lowest BCUT2D eigenvalue weighted by molar-refractivity contribution is -0.116. The number of pyridine rings is 1. The van der Waals surface area contributed by atoms with E-state index in [9.17, 15) is 4.79 Å². The molecular formula is C21H21N3O2S. The lowest BCUT2D eigenvalue weighted by Crippen LogP contribution is -2.23. The van der Waals surface area contributed by atoms with Gasteiger partial charge < -0.3 is 10.1 Å². The Morgan fingerprint density at radius 3 is 2.93 bits per heavy atom. The Hall–Kier alpha value is -2.99. The fraction of sp³-hybridized carbons (Fsp3) is 0.190. The Balaban J connectivity index is 1.47. The third-order valence-electron chi connectivity index (χ3n) is 3.75. The van der Waals surface area contributed by atoms with Crippen molar-refractivity contribution in [1.29, 1.82) is 0 Å². The number of nitrogens with one attached hydrogen (secondary N) is 1. The first-order valence-corrected chi connectivity index (χ1v) is 9.57. The van der Waals surface area contributed by atoms with Gasteiger partial charge in [-0.25, -0.2) is 4.98 Å². The van der Waals surface area contributed by atoms with E-state index in [4.69, 9.17) is 4.74 Å². The molecule has 3 aromatic rings. The Kier molecular flexibility index (Phi) is 6.71. The van der Waals surface area contributed by atoms with Crippen molar-refractivity contribution < 1.29 is 9.53 Å². The second-order valence-corrected chi connectivity index (χ2v) is 6.98. The Morgan fingerprint density at radius 2 is 2.15 bits per heavy atom. The van der Waals surface area contributed by atoms with E-state index in [1.165, 1.54) is 6.08 Å². The smallest absolute Gasteiger partial charge is 0.244 e. The topological polar surface area (TPSA) is 64.1 Å². The third-order valence-corrected chi connectivity index (χ3v) is 4.57. The molecule has 0 aliphatic rings. The number of amides is 1. The molecule has 5 nitrogen and oxygen atoms in total. The predicted molar refractivity (Wildman–Crippen MR) is 108 cm³/mol. The molecule has 6 heteroatoms. The van der Waals surface area contributed by atoms with Gasteiger partial charge in [-0.1, -0.05) is 18.2 Å². The summed E-state index contributed by atoms with van der Waals surface area (Å²) in [6, 6.07) is 13.4. The second-order valence-electron chi connectivity index (χ2n) is 5.91. The van der Waals surface area contributed by atoms with Crippen molar-refractivity contribution in [3.8, 4) is 5.75 Å². The highest BCUT2D eigenvalue weighted by Crippen LogP contribution is 2.17. The first kappa shape index (κ1) is 18.8. The van der Waals surface area contributed by atoms with Crippen LogP contribution in [0.15, 0.2) is 60.1 Å². The summed E-state index contributed by atoms with van der Waals surface area (Å²) in [5, 5.41) is 5.88. The van der Waals surface area contributed by atoms with Crippen LogP contribution in [0.25, 0.3) is 6.08 Å². The molecule has 0 atom stereocenters. The molecule has 2 heterocycles. The monoisotopic (exact) mass is 379 g/mol. The molecule has 138 valence electrons. The van der Waals surface area contributed by atoms with E-state index < -0.39 is 0 Å². The van der Waals surface area contributed by atoms with Crippen molar-refractivity contribution in [3.63, 3.8) is 0 Å². The number of carbonyl (C=O) groups is 1. The Morgan fingerprint density at radius 1 is 1.22 bits per heavy atom. The number of carbonyl (C=O) groups excluding carboxylic acids is 1. The molecule has 27 heavy (non-hydrogen) atoms. The molecule has 0 saturated carbocycles. The molecule has 0 spiro atoms. The zero-order valence-corrected chi connectivity index (χ0v) is 15.9. The molecule has 3 rings (SSSR count). The second kappa shape index (κ2) is 9.64. The summed E-state index contributed by atoms with van der Waals surface area (Å²) < 4.78 is 5.77. The largest absolute Gasteiger partial charge is 0.487 e. The summed E-state index contributed by atoms with van der Waals surface area (Å²) in [5.74, 6) is 0.619. The number of thiazole rings is 1. The van der Waals surface area contributed by atoms with Crippen LogP contribution in [0.3, 0.4) is 0 Å². The maximum atomic E-state index is 11.9. The van der Waals surface area contributed by atoms with E-state index in [-0.39, 0.29) is 5.91 Å². The molecule has 1 amide bonds. The Labute approximate surface area is 162 Å². The van der Waals surface area contributed by atoms with Crippen LogP contribution in [0.4, 0.5) is 0 Å².